The second kappa shape index (κ2) is 5.20. The van der Waals surface area contributed by atoms with Crippen molar-refractivity contribution in [2.24, 2.45) is 0 Å². The highest BCUT2D eigenvalue weighted by Gasteiger charge is 2.38. The minimum atomic E-state index is -0.330. The van der Waals surface area contributed by atoms with Crippen LogP contribution < -0.4 is 0 Å². The van der Waals surface area contributed by atoms with Gasteiger partial charge in [-0.1, -0.05) is 17.3 Å². The van der Waals surface area contributed by atoms with Crippen LogP contribution in [0.15, 0.2) is 28.8 Å². The Kier molecular flexibility index (Phi) is 3.20. The molecule has 0 radical (unpaired) electrons. The summed E-state index contributed by atoms with van der Waals surface area (Å²) < 4.78 is 24.4. The summed E-state index contributed by atoms with van der Waals surface area (Å²) in [4.78, 5) is 6.73. The Hall–Kier alpha value is -1.79. The Morgan fingerprint density at radius 1 is 1.24 bits per heavy atom. The standard InChI is InChI=1S/C15H16FN3O2/c16-13-4-2-1-3-12(13)14-17-15(21-18-14)10-7-19(8-10)11-5-6-20-9-11/h1-4,10-11H,5-9H2. The summed E-state index contributed by atoms with van der Waals surface area (Å²) in [5.74, 6) is 0.844. The zero-order valence-electron chi connectivity index (χ0n) is 11.5. The van der Waals surface area contributed by atoms with Crippen LogP contribution in [0.2, 0.25) is 0 Å². The minimum Gasteiger partial charge on any atom is -0.380 e. The van der Waals surface area contributed by atoms with Crippen LogP contribution in [0.4, 0.5) is 4.39 Å². The Bertz CT molecular complexity index is 633. The molecule has 1 unspecified atom stereocenters. The average molecular weight is 289 g/mol. The third-order valence-electron chi connectivity index (χ3n) is 4.24. The van der Waals surface area contributed by atoms with Gasteiger partial charge in [-0.05, 0) is 18.6 Å². The highest BCUT2D eigenvalue weighted by Crippen LogP contribution is 2.31. The van der Waals surface area contributed by atoms with Crippen molar-refractivity contribution in [2.45, 2.75) is 18.4 Å². The summed E-state index contributed by atoms with van der Waals surface area (Å²) in [6.07, 6.45) is 1.09. The lowest BCUT2D eigenvalue weighted by molar-refractivity contribution is 0.0651. The zero-order chi connectivity index (χ0) is 14.2. The Morgan fingerprint density at radius 2 is 2.10 bits per heavy atom. The average Bonchev–Trinajstić information content (AvgIpc) is 3.09. The molecule has 2 aliphatic rings. The molecule has 1 aromatic carbocycles. The molecule has 0 amide bonds. The maximum atomic E-state index is 13.7. The van der Waals surface area contributed by atoms with Crippen molar-refractivity contribution in [3.05, 3.63) is 36.0 Å². The minimum absolute atomic E-state index is 0.249. The van der Waals surface area contributed by atoms with Crippen LogP contribution in [0.1, 0.15) is 18.2 Å². The molecule has 1 atom stereocenters. The van der Waals surface area contributed by atoms with E-state index in [0.717, 1.165) is 32.7 Å². The van der Waals surface area contributed by atoms with Crippen molar-refractivity contribution in [3.63, 3.8) is 0 Å². The number of ether oxygens (including phenoxy) is 1. The van der Waals surface area contributed by atoms with Gasteiger partial charge >= 0.3 is 0 Å². The number of benzene rings is 1. The monoisotopic (exact) mass is 289 g/mol. The molecular formula is C15H16FN3O2. The van der Waals surface area contributed by atoms with Crippen molar-refractivity contribution in [3.8, 4) is 11.4 Å². The van der Waals surface area contributed by atoms with Gasteiger partial charge in [0.2, 0.25) is 11.7 Å². The third-order valence-corrected chi connectivity index (χ3v) is 4.24. The van der Waals surface area contributed by atoms with Crippen molar-refractivity contribution in [2.75, 3.05) is 26.3 Å². The summed E-state index contributed by atoms with van der Waals surface area (Å²) in [6, 6.07) is 6.99. The van der Waals surface area contributed by atoms with Crippen LogP contribution in [0, 0.1) is 5.82 Å². The molecule has 2 fully saturated rings. The number of halogens is 1. The summed E-state index contributed by atoms with van der Waals surface area (Å²) in [7, 11) is 0. The molecular weight excluding hydrogens is 273 g/mol. The number of aromatic nitrogens is 2. The molecule has 6 heteroatoms. The van der Waals surface area contributed by atoms with E-state index in [1.165, 1.54) is 6.07 Å². The summed E-state index contributed by atoms with van der Waals surface area (Å²) >= 11 is 0. The van der Waals surface area contributed by atoms with E-state index in [1.54, 1.807) is 18.2 Å². The Labute approximate surface area is 121 Å². The number of rotatable bonds is 3. The first-order chi connectivity index (χ1) is 10.3. The van der Waals surface area contributed by atoms with Gasteiger partial charge in [0.25, 0.3) is 0 Å². The van der Waals surface area contributed by atoms with Crippen molar-refractivity contribution in [1.82, 2.24) is 15.0 Å². The second-order valence-electron chi connectivity index (χ2n) is 5.60. The van der Waals surface area contributed by atoms with Gasteiger partial charge < -0.3 is 9.26 Å². The van der Waals surface area contributed by atoms with Crippen LogP contribution in [0.25, 0.3) is 11.4 Å². The first-order valence-corrected chi connectivity index (χ1v) is 7.21. The lowest BCUT2D eigenvalue weighted by Gasteiger charge is -2.40. The fourth-order valence-electron chi connectivity index (χ4n) is 2.93. The van der Waals surface area contributed by atoms with Gasteiger partial charge in [-0.2, -0.15) is 4.98 Å². The molecule has 4 rings (SSSR count). The topological polar surface area (TPSA) is 51.4 Å². The fourth-order valence-corrected chi connectivity index (χ4v) is 2.93. The Balaban J connectivity index is 1.45. The van der Waals surface area contributed by atoms with Gasteiger partial charge in [-0.15, -0.1) is 0 Å². The summed E-state index contributed by atoms with van der Waals surface area (Å²) in [5.41, 5.74) is 0.382. The molecule has 0 aliphatic carbocycles. The van der Waals surface area contributed by atoms with E-state index in [9.17, 15) is 4.39 Å². The molecule has 2 aromatic rings. The van der Waals surface area contributed by atoms with Gasteiger partial charge in [-0.3, -0.25) is 4.90 Å². The van der Waals surface area contributed by atoms with Crippen molar-refractivity contribution < 1.29 is 13.7 Å². The van der Waals surface area contributed by atoms with E-state index in [1.807, 2.05) is 0 Å². The highest BCUT2D eigenvalue weighted by atomic mass is 19.1. The molecule has 5 nitrogen and oxygen atoms in total. The van der Waals surface area contributed by atoms with E-state index in [-0.39, 0.29) is 11.7 Å². The van der Waals surface area contributed by atoms with Crippen LogP contribution >= 0.6 is 0 Å². The molecule has 2 saturated heterocycles. The van der Waals surface area contributed by atoms with Gasteiger partial charge in [-0.25, -0.2) is 4.39 Å². The molecule has 2 aliphatic heterocycles. The number of hydrogen-bond acceptors (Lipinski definition) is 5. The normalized spacial score (nSPS) is 23.4. The van der Waals surface area contributed by atoms with Crippen LogP contribution in [0.3, 0.4) is 0 Å². The quantitative estimate of drug-likeness (QED) is 0.865. The molecule has 110 valence electrons. The molecule has 3 heterocycles. The summed E-state index contributed by atoms with van der Waals surface area (Å²) in [5, 5.41) is 3.90. The van der Waals surface area contributed by atoms with Crippen molar-refractivity contribution in [1.29, 1.82) is 0 Å². The van der Waals surface area contributed by atoms with Crippen LogP contribution in [-0.4, -0.2) is 47.4 Å². The zero-order valence-corrected chi connectivity index (χ0v) is 11.5. The molecule has 1 aromatic heterocycles. The maximum absolute atomic E-state index is 13.7. The van der Waals surface area contributed by atoms with Crippen LogP contribution in [0.5, 0.6) is 0 Å². The van der Waals surface area contributed by atoms with E-state index in [2.05, 4.69) is 15.0 Å². The molecule has 0 spiro atoms. The van der Waals surface area contributed by atoms with E-state index in [4.69, 9.17) is 9.26 Å². The smallest absolute Gasteiger partial charge is 0.232 e. The largest absolute Gasteiger partial charge is 0.380 e. The van der Waals surface area contributed by atoms with Gasteiger partial charge in [0, 0.05) is 25.7 Å². The SMILES string of the molecule is Fc1ccccc1-c1noc(C2CN(C3CCOC3)C2)n1. The highest BCUT2D eigenvalue weighted by molar-refractivity contribution is 5.54. The molecule has 0 N–H and O–H groups in total. The number of likely N-dealkylation sites (tertiary alicyclic amines) is 1. The lowest BCUT2D eigenvalue weighted by Crippen LogP contribution is -2.51. The van der Waals surface area contributed by atoms with E-state index >= 15 is 0 Å². The lowest BCUT2D eigenvalue weighted by atomic mass is 9.97. The third kappa shape index (κ3) is 2.34. The fraction of sp³-hybridized carbons (Fsp3) is 0.467. The first kappa shape index (κ1) is 12.9. The second-order valence-corrected chi connectivity index (χ2v) is 5.60. The first-order valence-electron chi connectivity index (χ1n) is 7.21. The predicted molar refractivity (Wildman–Crippen MR) is 73.2 cm³/mol. The molecule has 0 saturated carbocycles. The van der Waals surface area contributed by atoms with Crippen molar-refractivity contribution >= 4 is 0 Å². The predicted octanol–water partition coefficient (Wildman–Crippen LogP) is 2.06. The maximum Gasteiger partial charge on any atom is 0.232 e. The Morgan fingerprint density at radius 3 is 2.86 bits per heavy atom. The number of nitrogens with zero attached hydrogens (tertiary/aromatic N) is 3. The van der Waals surface area contributed by atoms with Gasteiger partial charge in [0.05, 0.1) is 18.1 Å². The van der Waals surface area contributed by atoms with Gasteiger partial charge in [0.1, 0.15) is 5.82 Å². The molecule has 0 bridgehead atoms. The van der Waals surface area contributed by atoms with Crippen LogP contribution in [-0.2, 0) is 4.74 Å². The summed E-state index contributed by atoms with van der Waals surface area (Å²) in [6.45, 7) is 3.49. The molecule has 21 heavy (non-hydrogen) atoms. The van der Waals surface area contributed by atoms with Gasteiger partial charge in [0.15, 0.2) is 0 Å². The number of hydrogen-bond donors (Lipinski definition) is 0. The van der Waals surface area contributed by atoms with E-state index < -0.39 is 0 Å². The van der Waals surface area contributed by atoms with E-state index in [0.29, 0.717) is 23.3 Å².